The molecule has 5 nitrogen and oxygen atoms in total. The van der Waals surface area contributed by atoms with Gasteiger partial charge in [0.25, 0.3) is 0 Å². The second-order valence-corrected chi connectivity index (χ2v) is 10.2. The minimum Gasteiger partial charge on any atom is -0.306 e. The van der Waals surface area contributed by atoms with Gasteiger partial charge in [-0.25, -0.2) is 4.79 Å². The summed E-state index contributed by atoms with van der Waals surface area (Å²) in [4.78, 5) is 24.0. The first kappa shape index (κ1) is 19.5. The number of piperidine rings is 2. The largest absolute Gasteiger partial charge is 0.323 e. The van der Waals surface area contributed by atoms with Gasteiger partial charge in [0.15, 0.2) is 0 Å². The van der Waals surface area contributed by atoms with Crippen LogP contribution in [0, 0.1) is 0 Å². The number of nitrogens with one attached hydrogen (secondary N) is 2. The summed E-state index contributed by atoms with van der Waals surface area (Å²) in [6.45, 7) is 5.86. The van der Waals surface area contributed by atoms with E-state index in [1.54, 1.807) is 0 Å². The lowest BCUT2D eigenvalue weighted by Crippen LogP contribution is -2.47. The number of fused-ring (bicyclic) bond motifs is 1. The Balaban J connectivity index is 1.14. The molecule has 0 unspecified atom stereocenters. The number of benzene rings is 1. The first-order valence-electron chi connectivity index (χ1n) is 10.6. The zero-order chi connectivity index (χ0) is 19.8. The van der Waals surface area contributed by atoms with E-state index in [0.29, 0.717) is 5.92 Å². The van der Waals surface area contributed by atoms with Crippen LogP contribution in [0.2, 0.25) is 0 Å². The topological polar surface area (TPSA) is 55.1 Å². The Morgan fingerprint density at radius 3 is 2.48 bits per heavy atom. The number of aromatic amines is 2. The molecule has 2 aliphatic rings. The van der Waals surface area contributed by atoms with Crippen molar-refractivity contribution in [1.29, 1.82) is 0 Å². The zero-order valence-corrected chi connectivity index (χ0v) is 18.9. The first-order valence-corrected chi connectivity index (χ1v) is 12.2. The number of thiophene rings is 1. The highest BCUT2D eigenvalue weighted by Gasteiger charge is 2.29. The van der Waals surface area contributed by atoms with E-state index in [4.69, 9.17) is 0 Å². The van der Waals surface area contributed by atoms with Crippen LogP contribution in [0.3, 0.4) is 0 Å². The summed E-state index contributed by atoms with van der Waals surface area (Å²) in [6, 6.07) is 9.28. The smallest absolute Gasteiger partial charge is 0.306 e. The molecule has 3 aromatic rings. The molecule has 2 fully saturated rings. The average Bonchev–Trinajstić information content (AvgIpc) is 3.32. The van der Waals surface area contributed by atoms with E-state index in [0.717, 1.165) is 23.6 Å². The molecule has 4 heterocycles. The van der Waals surface area contributed by atoms with E-state index >= 15 is 0 Å². The van der Waals surface area contributed by atoms with Gasteiger partial charge in [-0.1, -0.05) is 6.07 Å². The molecule has 0 spiro atoms. The van der Waals surface area contributed by atoms with Gasteiger partial charge in [0.2, 0.25) is 0 Å². The van der Waals surface area contributed by atoms with Crippen LogP contribution in [0.4, 0.5) is 0 Å². The molecule has 0 radical (unpaired) electrons. The summed E-state index contributed by atoms with van der Waals surface area (Å²) in [5, 5.41) is 2.17. The highest BCUT2D eigenvalue weighted by Crippen LogP contribution is 2.32. The van der Waals surface area contributed by atoms with E-state index in [-0.39, 0.29) is 5.69 Å². The molecule has 2 aromatic heterocycles. The number of nitrogens with zero attached hydrogens (tertiary/aromatic N) is 2. The third-order valence-corrected chi connectivity index (χ3v) is 8.58. The molecule has 2 N–H and O–H groups in total. The molecular formula is C22H27BrN4OS. The SMILES string of the molecule is O=c1[nH]c2ccc(C3CCN(C4CCN(Cc5sccc5Br)CC4)CC3)cc2[nH]1. The Kier molecular flexibility index (Phi) is 5.65. The third kappa shape index (κ3) is 4.24. The molecule has 5 rings (SSSR count). The number of imidazole rings is 1. The van der Waals surface area contributed by atoms with Gasteiger partial charge in [-0.15, -0.1) is 11.3 Å². The normalized spacial score (nSPS) is 20.6. The molecule has 1 aromatic carbocycles. The third-order valence-electron chi connectivity index (χ3n) is 6.67. The molecule has 2 aliphatic heterocycles. The van der Waals surface area contributed by atoms with E-state index in [1.807, 2.05) is 17.4 Å². The van der Waals surface area contributed by atoms with Crippen LogP contribution in [0.25, 0.3) is 11.0 Å². The Morgan fingerprint density at radius 2 is 1.76 bits per heavy atom. The number of hydrogen-bond acceptors (Lipinski definition) is 4. The summed E-state index contributed by atoms with van der Waals surface area (Å²) in [7, 11) is 0. The van der Waals surface area contributed by atoms with Crippen LogP contribution < -0.4 is 5.69 Å². The number of hydrogen-bond donors (Lipinski definition) is 2. The maximum absolute atomic E-state index is 11.5. The van der Waals surface area contributed by atoms with E-state index in [9.17, 15) is 4.79 Å². The van der Waals surface area contributed by atoms with Crippen molar-refractivity contribution in [3.8, 4) is 0 Å². The van der Waals surface area contributed by atoms with Crippen molar-refractivity contribution in [2.45, 2.75) is 44.2 Å². The van der Waals surface area contributed by atoms with Crippen molar-refractivity contribution >= 4 is 38.3 Å². The quantitative estimate of drug-likeness (QED) is 0.583. The fourth-order valence-electron chi connectivity index (χ4n) is 4.99. The fourth-order valence-corrected chi connectivity index (χ4v) is 6.50. The van der Waals surface area contributed by atoms with Crippen molar-refractivity contribution < 1.29 is 0 Å². The van der Waals surface area contributed by atoms with Crippen LogP contribution in [-0.2, 0) is 6.54 Å². The fraction of sp³-hybridized carbons (Fsp3) is 0.500. The standard InChI is InChI=1S/C22H27BrN4OS/c23-18-7-12-29-21(18)14-26-8-5-17(6-9-26)27-10-3-15(4-11-27)16-1-2-19-20(13-16)25-22(28)24-19/h1-2,7,12-13,15,17H,3-6,8-11,14H2,(H2,24,25,28). The molecular weight excluding hydrogens is 448 g/mol. The van der Waals surface area contributed by atoms with Crippen LogP contribution in [-0.4, -0.2) is 52.0 Å². The van der Waals surface area contributed by atoms with Gasteiger partial charge in [0.05, 0.1) is 11.0 Å². The van der Waals surface area contributed by atoms with Crippen molar-refractivity contribution in [2.75, 3.05) is 26.2 Å². The number of aromatic nitrogens is 2. The summed E-state index contributed by atoms with van der Waals surface area (Å²) < 4.78 is 1.26. The van der Waals surface area contributed by atoms with Crippen LogP contribution >= 0.6 is 27.3 Å². The molecule has 0 saturated carbocycles. The summed E-state index contributed by atoms with van der Waals surface area (Å²) in [5.74, 6) is 0.602. The number of halogens is 1. The maximum Gasteiger partial charge on any atom is 0.323 e. The van der Waals surface area contributed by atoms with Gasteiger partial charge < -0.3 is 14.9 Å². The van der Waals surface area contributed by atoms with Crippen molar-refractivity contribution in [1.82, 2.24) is 19.8 Å². The van der Waals surface area contributed by atoms with Gasteiger partial charge in [-0.2, -0.15) is 0 Å². The zero-order valence-electron chi connectivity index (χ0n) is 16.5. The number of H-pyrrole nitrogens is 2. The van der Waals surface area contributed by atoms with Crippen LogP contribution in [0.1, 0.15) is 42.0 Å². The molecule has 0 atom stereocenters. The second kappa shape index (κ2) is 8.38. The monoisotopic (exact) mass is 474 g/mol. The van der Waals surface area contributed by atoms with Gasteiger partial charge in [0, 0.05) is 35.0 Å². The number of likely N-dealkylation sites (tertiary alicyclic amines) is 2. The summed E-state index contributed by atoms with van der Waals surface area (Å²) in [5.41, 5.74) is 3.07. The van der Waals surface area contributed by atoms with Gasteiger partial charge in [-0.3, -0.25) is 4.90 Å². The minimum atomic E-state index is -0.121. The molecule has 154 valence electrons. The molecule has 0 bridgehead atoms. The Morgan fingerprint density at radius 1 is 1.00 bits per heavy atom. The van der Waals surface area contributed by atoms with Crippen molar-refractivity contribution in [3.63, 3.8) is 0 Å². The van der Waals surface area contributed by atoms with Gasteiger partial charge >= 0.3 is 5.69 Å². The summed E-state index contributed by atoms with van der Waals surface area (Å²) in [6.07, 6.45) is 4.99. The maximum atomic E-state index is 11.5. The predicted molar refractivity (Wildman–Crippen MR) is 123 cm³/mol. The van der Waals surface area contributed by atoms with Gasteiger partial charge in [0.1, 0.15) is 0 Å². The highest BCUT2D eigenvalue weighted by atomic mass is 79.9. The lowest BCUT2D eigenvalue weighted by atomic mass is 9.88. The Bertz CT molecular complexity index is 1020. The average molecular weight is 475 g/mol. The molecule has 0 aliphatic carbocycles. The van der Waals surface area contributed by atoms with Crippen molar-refractivity contribution in [3.05, 3.63) is 55.0 Å². The summed E-state index contributed by atoms with van der Waals surface area (Å²) >= 11 is 5.51. The predicted octanol–water partition coefficient (Wildman–Crippen LogP) is 4.52. The number of rotatable bonds is 4. The van der Waals surface area contributed by atoms with E-state index in [1.165, 1.54) is 66.8 Å². The molecule has 7 heteroatoms. The molecule has 2 saturated heterocycles. The Labute approximate surface area is 183 Å². The van der Waals surface area contributed by atoms with E-state index in [2.05, 4.69) is 59.3 Å². The van der Waals surface area contributed by atoms with Crippen LogP contribution in [0.15, 0.2) is 38.9 Å². The lowest BCUT2D eigenvalue weighted by Gasteiger charge is -2.42. The molecule has 29 heavy (non-hydrogen) atoms. The van der Waals surface area contributed by atoms with Gasteiger partial charge in [-0.05, 0) is 89.8 Å². The second-order valence-electron chi connectivity index (χ2n) is 8.39. The lowest BCUT2D eigenvalue weighted by molar-refractivity contribution is 0.0849. The molecule has 0 amide bonds. The Hall–Kier alpha value is -1.41. The first-order chi connectivity index (χ1) is 14.2. The minimum absolute atomic E-state index is 0.121. The van der Waals surface area contributed by atoms with E-state index < -0.39 is 0 Å². The van der Waals surface area contributed by atoms with Crippen LogP contribution in [0.5, 0.6) is 0 Å². The highest BCUT2D eigenvalue weighted by molar-refractivity contribution is 9.10. The van der Waals surface area contributed by atoms with Crippen molar-refractivity contribution in [2.24, 2.45) is 0 Å².